The highest BCUT2D eigenvalue weighted by Crippen LogP contribution is 2.48. The summed E-state index contributed by atoms with van der Waals surface area (Å²) in [6, 6.07) is 0. The van der Waals surface area contributed by atoms with E-state index in [9.17, 15) is 4.79 Å². The second-order valence-corrected chi connectivity index (χ2v) is 4.60. The van der Waals surface area contributed by atoms with E-state index in [0.717, 1.165) is 24.3 Å². The monoisotopic (exact) mass is 209 g/mol. The standard InChI is InChI=1S/C12H19NO2/c1-15-12(14)6-7-13-8-11(9-2-3-9)10-4-5-10/h6-7,9-11,13H,2-5,8H2,1H3/b7-6+. The van der Waals surface area contributed by atoms with Crippen molar-refractivity contribution in [1.29, 1.82) is 0 Å². The Morgan fingerprint density at radius 1 is 1.40 bits per heavy atom. The largest absolute Gasteiger partial charge is 0.466 e. The first-order chi connectivity index (χ1) is 7.31. The summed E-state index contributed by atoms with van der Waals surface area (Å²) in [4.78, 5) is 10.8. The first kappa shape index (κ1) is 10.5. The van der Waals surface area contributed by atoms with E-state index < -0.39 is 0 Å². The predicted octanol–water partition coefficient (Wildman–Crippen LogP) is 1.70. The van der Waals surface area contributed by atoms with Gasteiger partial charge < -0.3 is 10.1 Å². The summed E-state index contributed by atoms with van der Waals surface area (Å²) < 4.78 is 4.51. The Bertz CT molecular complexity index is 242. The minimum Gasteiger partial charge on any atom is -0.466 e. The van der Waals surface area contributed by atoms with E-state index in [1.165, 1.54) is 38.9 Å². The normalized spacial score (nSPS) is 20.9. The summed E-state index contributed by atoms with van der Waals surface area (Å²) >= 11 is 0. The molecule has 0 bridgehead atoms. The summed E-state index contributed by atoms with van der Waals surface area (Å²) in [6.45, 7) is 1.02. The van der Waals surface area contributed by atoms with Gasteiger partial charge in [0.25, 0.3) is 0 Å². The van der Waals surface area contributed by atoms with Crippen molar-refractivity contribution in [3.8, 4) is 0 Å². The lowest BCUT2D eigenvalue weighted by molar-refractivity contribution is -0.134. The maximum Gasteiger partial charge on any atom is 0.331 e. The highest BCUT2D eigenvalue weighted by Gasteiger charge is 2.40. The summed E-state index contributed by atoms with van der Waals surface area (Å²) in [6.07, 6.45) is 8.78. The van der Waals surface area contributed by atoms with Gasteiger partial charge in [0.05, 0.1) is 7.11 Å². The number of carbonyl (C=O) groups excluding carboxylic acids is 1. The Labute approximate surface area is 90.9 Å². The van der Waals surface area contributed by atoms with Gasteiger partial charge in [0.15, 0.2) is 0 Å². The molecule has 0 unspecified atom stereocenters. The average Bonchev–Trinajstić information content (AvgIpc) is 3.09. The number of hydrogen-bond donors (Lipinski definition) is 1. The smallest absolute Gasteiger partial charge is 0.331 e. The van der Waals surface area contributed by atoms with Crippen molar-refractivity contribution in [3.63, 3.8) is 0 Å². The molecule has 0 aliphatic heterocycles. The molecule has 1 N–H and O–H groups in total. The fourth-order valence-corrected chi connectivity index (χ4v) is 2.17. The SMILES string of the molecule is COC(=O)/C=C/NCC(C1CC1)C1CC1. The Morgan fingerprint density at radius 3 is 2.47 bits per heavy atom. The van der Waals surface area contributed by atoms with Crippen LogP contribution < -0.4 is 5.32 Å². The van der Waals surface area contributed by atoms with Crippen LogP contribution in [0, 0.1) is 17.8 Å². The molecule has 2 aliphatic carbocycles. The first-order valence-corrected chi connectivity index (χ1v) is 5.79. The lowest BCUT2D eigenvalue weighted by Crippen LogP contribution is -2.21. The molecule has 2 saturated carbocycles. The number of carbonyl (C=O) groups is 1. The fourth-order valence-electron chi connectivity index (χ4n) is 2.17. The Kier molecular flexibility index (Phi) is 3.29. The second kappa shape index (κ2) is 4.69. The molecule has 15 heavy (non-hydrogen) atoms. The first-order valence-electron chi connectivity index (χ1n) is 5.79. The van der Waals surface area contributed by atoms with Crippen molar-refractivity contribution in [2.45, 2.75) is 25.7 Å². The molecule has 3 nitrogen and oxygen atoms in total. The average molecular weight is 209 g/mol. The van der Waals surface area contributed by atoms with E-state index in [0.29, 0.717) is 0 Å². The summed E-state index contributed by atoms with van der Waals surface area (Å²) in [5.41, 5.74) is 0. The molecular formula is C12H19NO2. The van der Waals surface area contributed by atoms with E-state index in [1.807, 2.05) is 0 Å². The summed E-state index contributed by atoms with van der Waals surface area (Å²) in [7, 11) is 1.39. The molecule has 0 radical (unpaired) electrons. The Morgan fingerprint density at radius 2 is 2.00 bits per heavy atom. The lowest BCUT2D eigenvalue weighted by atomic mass is 9.98. The van der Waals surface area contributed by atoms with Crippen molar-refractivity contribution in [2.75, 3.05) is 13.7 Å². The van der Waals surface area contributed by atoms with Crippen molar-refractivity contribution in [3.05, 3.63) is 12.3 Å². The van der Waals surface area contributed by atoms with Gasteiger partial charge in [0.1, 0.15) is 0 Å². The second-order valence-electron chi connectivity index (χ2n) is 4.60. The topological polar surface area (TPSA) is 38.3 Å². The number of hydrogen-bond acceptors (Lipinski definition) is 3. The molecule has 0 spiro atoms. The Hall–Kier alpha value is -0.990. The zero-order valence-corrected chi connectivity index (χ0v) is 9.24. The number of nitrogens with one attached hydrogen (secondary N) is 1. The maximum absolute atomic E-state index is 10.8. The van der Waals surface area contributed by atoms with E-state index in [1.54, 1.807) is 6.20 Å². The van der Waals surface area contributed by atoms with Crippen LogP contribution in [0.3, 0.4) is 0 Å². The molecule has 84 valence electrons. The van der Waals surface area contributed by atoms with E-state index in [-0.39, 0.29) is 5.97 Å². The third-order valence-electron chi connectivity index (χ3n) is 3.35. The highest BCUT2D eigenvalue weighted by atomic mass is 16.5. The van der Waals surface area contributed by atoms with Crippen molar-refractivity contribution >= 4 is 5.97 Å². The van der Waals surface area contributed by atoms with Gasteiger partial charge in [-0.3, -0.25) is 0 Å². The Balaban J connectivity index is 1.66. The molecule has 0 aromatic carbocycles. The molecule has 0 heterocycles. The number of methoxy groups -OCH3 is 1. The number of rotatable bonds is 6. The maximum atomic E-state index is 10.8. The predicted molar refractivity (Wildman–Crippen MR) is 58.1 cm³/mol. The summed E-state index contributed by atoms with van der Waals surface area (Å²) in [5.74, 6) is 2.46. The third kappa shape index (κ3) is 3.26. The van der Waals surface area contributed by atoms with E-state index in [2.05, 4.69) is 10.1 Å². The van der Waals surface area contributed by atoms with E-state index in [4.69, 9.17) is 0 Å². The van der Waals surface area contributed by atoms with Gasteiger partial charge in [-0.05, 0) is 43.4 Å². The number of ether oxygens (including phenoxy) is 1. The van der Waals surface area contributed by atoms with Crippen molar-refractivity contribution in [1.82, 2.24) is 5.32 Å². The van der Waals surface area contributed by atoms with Crippen LogP contribution in [0.15, 0.2) is 12.3 Å². The molecule has 2 rings (SSSR count). The van der Waals surface area contributed by atoms with Crippen LogP contribution in [0.4, 0.5) is 0 Å². The zero-order chi connectivity index (χ0) is 10.7. The number of esters is 1. The quantitative estimate of drug-likeness (QED) is 0.534. The lowest BCUT2D eigenvalue weighted by Gasteiger charge is -2.14. The van der Waals surface area contributed by atoms with Crippen LogP contribution >= 0.6 is 0 Å². The van der Waals surface area contributed by atoms with Gasteiger partial charge in [-0.1, -0.05) is 0 Å². The van der Waals surface area contributed by atoms with Gasteiger partial charge in [-0.2, -0.15) is 0 Å². The van der Waals surface area contributed by atoms with Crippen LogP contribution in [0.2, 0.25) is 0 Å². The van der Waals surface area contributed by atoms with Crippen molar-refractivity contribution in [2.24, 2.45) is 17.8 Å². The van der Waals surface area contributed by atoms with Gasteiger partial charge in [0, 0.05) is 18.8 Å². The van der Waals surface area contributed by atoms with Crippen molar-refractivity contribution < 1.29 is 9.53 Å². The zero-order valence-electron chi connectivity index (χ0n) is 9.24. The minimum absolute atomic E-state index is 0.295. The van der Waals surface area contributed by atoms with Gasteiger partial charge in [-0.25, -0.2) is 4.79 Å². The van der Waals surface area contributed by atoms with Crippen LogP contribution in [0.1, 0.15) is 25.7 Å². The molecule has 2 aliphatic rings. The molecule has 3 heteroatoms. The molecule has 0 atom stereocenters. The van der Waals surface area contributed by atoms with Gasteiger partial charge in [-0.15, -0.1) is 0 Å². The highest BCUT2D eigenvalue weighted by molar-refractivity contribution is 5.81. The van der Waals surface area contributed by atoms with Crippen LogP contribution in [-0.2, 0) is 9.53 Å². The van der Waals surface area contributed by atoms with Gasteiger partial charge >= 0.3 is 5.97 Å². The van der Waals surface area contributed by atoms with Crippen LogP contribution in [-0.4, -0.2) is 19.6 Å². The summed E-state index contributed by atoms with van der Waals surface area (Å²) in [5, 5.41) is 3.21. The minimum atomic E-state index is -0.295. The van der Waals surface area contributed by atoms with Crippen LogP contribution in [0.25, 0.3) is 0 Å². The fraction of sp³-hybridized carbons (Fsp3) is 0.750. The van der Waals surface area contributed by atoms with E-state index >= 15 is 0 Å². The molecule has 0 aromatic heterocycles. The molecule has 0 aromatic rings. The molecule has 2 fully saturated rings. The molecule has 0 amide bonds. The third-order valence-corrected chi connectivity index (χ3v) is 3.35. The van der Waals surface area contributed by atoms with Crippen LogP contribution in [0.5, 0.6) is 0 Å². The van der Waals surface area contributed by atoms with Gasteiger partial charge in [0.2, 0.25) is 0 Å². The molecular weight excluding hydrogens is 190 g/mol. The molecule has 0 saturated heterocycles.